The number of nitrogens with one attached hydrogen (secondary N) is 1. The average molecular weight is 452 g/mol. The molecule has 0 unspecified atom stereocenters. The van der Waals surface area contributed by atoms with Crippen LogP contribution in [0.2, 0.25) is 0 Å². The monoisotopic (exact) mass is 451 g/mol. The number of amides is 1. The first-order valence-corrected chi connectivity index (χ1v) is 11.4. The molecule has 34 heavy (non-hydrogen) atoms. The SMILES string of the molecule is C[C@@H](Oc1cccc2ccccc12)C(=O)Nc1cccc(C(=O)c2ccc(C(C)(C)C)cc2)c1. The third-order valence-corrected chi connectivity index (χ3v) is 5.83. The Kier molecular flexibility index (Phi) is 6.51. The predicted octanol–water partition coefficient (Wildman–Crippen LogP) is 6.77. The molecule has 0 fully saturated rings. The Morgan fingerprint density at radius 1 is 0.794 bits per heavy atom. The first kappa shape index (κ1) is 23.2. The van der Waals surface area contributed by atoms with Gasteiger partial charge in [0.1, 0.15) is 5.75 Å². The van der Waals surface area contributed by atoms with Crippen molar-refractivity contribution in [3.8, 4) is 5.75 Å². The van der Waals surface area contributed by atoms with Crippen molar-refractivity contribution >= 4 is 28.2 Å². The molecule has 0 radical (unpaired) electrons. The summed E-state index contributed by atoms with van der Waals surface area (Å²) in [5, 5.41) is 4.87. The van der Waals surface area contributed by atoms with E-state index in [1.807, 2.05) is 66.7 Å². The maximum Gasteiger partial charge on any atom is 0.265 e. The largest absolute Gasteiger partial charge is 0.480 e. The van der Waals surface area contributed by atoms with Crippen molar-refractivity contribution in [2.45, 2.75) is 39.2 Å². The topological polar surface area (TPSA) is 55.4 Å². The predicted molar refractivity (Wildman–Crippen MR) is 138 cm³/mol. The Hall–Kier alpha value is -3.92. The zero-order valence-electron chi connectivity index (χ0n) is 20.0. The molecular weight excluding hydrogens is 422 g/mol. The third kappa shape index (κ3) is 5.18. The van der Waals surface area contributed by atoms with Crippen molar-refractivity contribution in [1.29, 1.82) is 0 Å². The number of carbonyl (C=O) groups excluding carboxylic acids is 2. The van der Waals surface area contributed by atoms with E-state index in [2.05, 4.69) is 26.1 Å². The van der Waals surface area contributed by atoms with Gasteiger partial charge in [-0.15, -0.1) is 0 Å². The fourth-order valence-corrected chi connectivity index (χ4v) is 3.81. The molecule has 4 aromatic carbocycles. The second-order valence-electron chi connectivity index (χ2n) is 9.46. The molecule has 0 aliphatic carbocycles. The quantitative estimate of drug-likeness (QED) is 0.329. The highest BCUT2D eigenvalue weighted by molar-refractivity contribution is 6.09. The Balaban J connectivity index is 1.46. The number of ether oxygens (including phenoxy) is 1. The molecule has 4 nitrogen and oxygen atoms in total. The second kappa shape index (κ2) is 9.52. The van der Waals surface area contributed by atoms with Crippen LogP contribution in [0.3, 0.4) is 0 Å². The van der Waals surface area contributed by atoms with Gasteiger partial charge in [-0.1, -0.05) is 93.6 Å². The molecule has 1 amide bonds. The van der Waals surface area contributed by atoms with Crippen molar-refractivity contribution < 1.29 is 14.3 Å². The first-order valence-electron chi connectivity index (χ1n) is 11.4. The Labute approximate surface area is 200 Å². The summed E-state index contributed by atoms with van der Waals surface area (Å²) in [4.78, 5) is 25.8. The molecule has 172 valence electrons. The van der Waals surface area contributed by atoms with Gasteiger partial charge in [0.15, 0.2) is 11.9 Å². The molecule has 0 saturated heterocycles. The lowest BCUT2D eigenvalue weighted by Crippen LogP contribution is -2.30. The minimum Gasteiger partial charge on any atom is -0.480 e. The summed E-state index contributed by atoms with van der Waals surface area (Å²) in [7, 11) is 0. The van der Waals surface area contributed by atoms with Crippen molar-refractivity contribution in [1.82, 2.24) is 0 Å². The molecule has 4 rings (SSSR count). The minimum absolute atomic E-state index is 0.0244. The summed E-state index contributed by atoms with van der Waals surface area (Å²) in [6, 6.07) is 28.3. The van der Waals surface area contributed by atoms with Crippen LogP contribution >= 0.6 is 0 Å². The second-order valence-corrected chi connectivity index (χ2v) is 9.46. The van der Waals surface area contributed by atoms with Crippen molar-refractivity contribution in [3.63, 3.8) is 0 Å². The number of carbonyl (C=O) groups is 2. The summed E-state index contributed by atoms with van der Waals surface area (Å²) < 4.78 is 5.97. The van der Waals surface area contributed by atoms with E-state index in [1.165, 1.54) is 5.56 Å². The molecular formula is C30H29NO3. The minimum atomic E-state index is -0.713. The number of fused-ring (bicyclic) bond motifs is 1. The number of hydrogen-bond donors (Lipinski definition) is 1. The van der Waals surface area contributed by atoms with Crippen LogP contribution in [0, 0.1) is 0 Å². The van der Waals surface area contributed by atoms with Crippen LogP contribution in [0.25, 0.3) is 10.8 Å². The Morgan fingerprint density at radius 3 is 2.21 bits per heavy atom. The first-order chi connectivity index (χ1) is 16.2. The van der Waals surface area contributed by atoms with Crippen LogP contribution in [0.1, 0.15) is 49.2 Å². The lowest BCUT2D eigenvalue weighted by atomic mass is 9.86. The number of hydrogen-bond acceptors (Lipinski definition) is 3. The van der Waals surface area contributed by atoms with Gasteiger partial charge in [-0.05, 0) is 41.5 Å². The lowest BCUT2D eigenvalue weighted by Gasteiger charge is -2.19. The van der Waals surface area contributed by atoms with Gasteiger partial charge in [0, 0.05) is 22.2 Å². The van der Waals surface area contributed by atoms with E-state index >= 15 is 0 Å². The summed E-state index contributed by atoms with van der Waals surface area (Å²) in [5.41, 5.74) is 2.88. The van der Waals surface area contributed by atoms with Gasteiger partial charge in [0.2, 0.25) is 0 Å². The van der Waals surface area contributed by atoms with E-state index < -0.39 is 6.10 Å². The van der Waals surface area contributed by atoms with E-state index in [9.17, 15) is 9.59 Å². The van der Waals surface area contributed by atoms with Crippen LogP contribution in [0.15, 0.2) is 91.0 Å². The summed E-state index contributed by atoms with van der Waals surface area (Å²) >= 11 is 0. The van der Waals surface area contributed by atoms with Crippen molar-refractivity contribution in [2.24, 2.45) is 0 Å². The highest BCUT2D eigenvalue weighted by atomic mass is 16.5. The van der Waals surface area contributed by atoms with Gasteiger partial charge in [0.25, 0.3) is 5.91 Å². The number of benzene rings is 4. The van der Waals surface area contributed by atoms with E-state index in [-0.39, 0.29) is 17.1 Å². The molecule has 0 aliphatic heterocycles. The molecule has 4 aromatic rings. The average Bonchev–Trinajstić information content (AvgIpc) is 2.83. The fourth-order valence-electron chi connectivity index (χ4n) is 3.81. The zero-order chi connectivity index (χ0) is 24.3. The van der Waals surface area contributed by atoms with Crippen LogP contribution in [0.5, 0.6) is 5.75 Å². The van der Waals surface area contributed by atoms with Gasteiger partial charge in [0.05, 0.1) is 0 Å². The van der Waals surface area contributed by atoms with Crippen LogP contribution < -0.4 is 10.1 Å². The maximum atomic E-state index is 13.0. The zero-order valence-corrected chi connectivity index (χ0v) is 20.0. The Bertz CT molecular complexity index is 1330. The third-order valence-electron chi connectivity index (χ3n) is 5.83. The van der Waals surface area contributed by atoms with E-state index in [0.29, 0.717) is 22.6 Å². The van der Waals surface area contributed by atoms with Gasteiger partial charge in [-0.2, -0.15) is 0 Å². The van der Waals surface area contributed by atoms with Crippen LogP contribution in [-0.4, -0.2) is 17.8 Å². The molecule has 0 bridgehead atoms. The fraction of sp³-hybridized carbons (Fsp3) is 0.200. The molecule has 0 aromatic heterocycles. The smallest absolute Gasteiger partial charge is 0.265 e. The highest BCUT2D eigenvalue weighted by Gasteiger charge is 2.18. The molecule has 0 aliphatic rings. The standard InChI is InChI=1S/C30H29NO3/c1-20(34-27-14-8-10-21-9-5-6-13-26(21)27)29(33)31-25-12-7-11-23(19-25)28(32)22-15-17-24(18-16-22)30(2,3)4/h5-20H,1-4H3,(H,31,33)/t20-/m1/s1. The molecule has 0 spiro atoms. The molecule has 0 saturated carbocycles. The summed E-state index contributed by atoms with van der Waals surface area (Å²) in [6.07, 6.45) is -0.713. The Morgan fingerprint density at radius 2 is 1.47 bits per heavy atom. The van der Waals surface area contributed by atoms with E-state index in [1.54, 1.807) is 31.2 Å². The number of rotatable bonds is 6. The molecule has 1 N–H and O–H groups in total. The van der Waals surface area contributed by atoms with E-state index in [0.717, 1.165) is 10.8 Å². The van der Waals surface area contributed by atoms with Crippen LogP contribution in [0.4, 0.5) is 5.69 Å². The van der Waals surface area contributed by atoms with Gasteiger partial charge < -0.3 is 10.1 Å². The lowest BCUT2D eigenvalue weighted by molar-refractivity contribution is -0.122. The number of anilines is 1. The maximum absolute atomic E-state index is 13.0. The number of ketones is 1. The van der Waals surface area contributed by atoms with Gasteiger partial charge in [-0.25, -0.2) is 0 Å². The van der Waals surface area contributed by atoms with Gasteiger partial charge in [-0.3, -0.25) is 9.59 Å². The van der Waals surface area contributed by atoms with Crippen LogP contribution in [-0.2, 0) is 10.2 Å². The van der Waals surface area contributed by atoms with E-state index in [4.69, 9.17) is 4.74 Å². The summed E-state index contributed by atoms with van der Waals surface area (Å²) in [6.45, 7) is 8.13. The molecule has 1 atom stereocenters. The van der Waals surface area contributed by atoms with Crippen molar-refractivity contribution in [3.05, 3.63) is 108 Å². The highest BCUT2D eigenvalue weighted by Crippen LogP contribution is 2.27. The molecule has 4 heteroatoms. The summed E-state index contributed by atoms with van der Waals surface area (Å²) in [5.74, 6) is 0.284. The van der Waals surface area contributed by atoms with Gasteiger partial charge >= 0.3 is 0 Å². The van der Waals surface area contributed by atoms with Crippen molar-refractivity contribution in [2.75, 3.05) is 5.32 Å². The normalized spacial score (nSPS) is 12.2. The molecule has 0 heterocycles.